The van der Waals surface area contributed by atoms with Gasteiger partial charge in [-0.3, -0.25) is 14.0 Å². The number of nitrogens with one attached hydrogen (secondary N) is 2. The topological polar surface area (TPSA) is 112 Å². The fraction of sp³-hybridized carbons (Fsp3) is 0.571. The van der Waals surface area contributed by atoms with Crippen LogP contribution >= 0.6 is 0 Å². The number of aromatic amines is 1. The molecule has 2 aromatic heterocycles. The molecule has 3 unspecified atom stereocenters. The van der Waals surface area contributed by atoms with Gasteiger partial charge in [-0.15, -0.1) is 0 Å². The van der Waals surface area contributed by atoms with Crippen LogP contribution in [0.3, 0.4) is 0 Å². The molecule has 7 nitrogen and oxygen atoms in total. The molecular formula is C28H37N5O2S. The van der Waals surface area contributed by atoms with E-state index < -0.39 is 16.7 Å². The summed E-state index contributed by atoms with van der Waals surface area (Å²) >= 11 is 0. The van der Waals surface area contributed by atoms with Crippen molar-refractivity contribution in [2.24, 2.45) is 5.41 Å². The number of allylic oxidation sites excluding steroid dienone is 2. The average Bonchev–Trinajstić information content (AvgIpc) is 3.32. The smallest absolute Gasteiger partial charge is 0.291 e. The van der Waals surface area contributed by atoms with E-state index in [1.54, 1.807) is 0 Å². The number of pyridine rings is 1. The summed E-state index contributed by atoms with van der Waals surface area (Å²) in [5.41, 5.74) is 4.05. The molecule has 3 atom stereocenters. The lowest BCUT2D eigenvalue weighted by Gasteiger charge is -2.45. The Bertz CT molecular complexity index is 1270. The van der Waals surface area contributed by atoms with Gasteiger partial charge in [0.15, 0.2) is 5.82 Å². The second kappa shape index (κ2) is 9.59. The lowest BCUT2D eigenvalue weighted by Crippen LogP contribution is -2.48. The number of nitrogens with zero attached hydrogens (tertiary/aromatic N) is 3. The second-order valence-electron chi connectivity index (χ2n) is 11.9. The van der Waals surface area contributed by atoms with E-state index in [1.807, 2.05) is 18.2 Å². The summed E-state index contributed by atoms with van der Waals surface area (Å²) < 4.78 is 12.7. The van der Waals surface area contributed by atoms with Crippen LogP contribution in [0, 0.1) is 16.7 Å². The Kier molecular flexibility index (Phi) is 7.00. The minimum Gasteiger partial charge on any atom is -0.326 e. The van der Waals surface area contributed by atoms with Crippen molar-refractivity contribution in [2.75, 3.05) is 5.32 Å². The van der Waals surface area contributed by atoms with Crippen LogP contribution < -0.4 is 5.32 Å². The molecule has 1 saturated heterocycles. The fourth-order valence-electron chi connectivity index (χ4n) is 5.50. The van der Waals surface area contributed by atoms with E-state index in [9.17, 15) is 9.00 Å². The lowest BCUT2D eigenvalue weighted by molar-refractivity contribution is 0.101. The van der Waals surface area contributed by atoms with E-state index in [1.165, 1.54) is 6.20 Å². The van der Waals surface area contributed by atoms with Crippen molar-refractivity contribution in [3.63, 3.8) is 0 Å². The van der Waals surface area contributed by atoms with Gasteiger partial charge in [0.05, 0.1) is 17.6 Å². The maximum Gasteiger partial charge on any atom is 0.291 e. The van der Waals surface area contributed by atoms with Gasteiger partial charge in [-0.2, -0.15) is 5.26 Å². The zero-order chi connectivity index (χ0) is 26.3. The highest BCUT2D eigenvalue weighted by Gasteiger charge is 2.47. The first-order valence-corrected chi connectivity index (χ1v) is 13.9. The quantitative estimate of drug-likeness (QED) is 0.508. The van der Waals surface area contributed by atoms with Crippen LogP contribution in [0.1, 0.15) is 114 Å². The molecule has 36 heavy (non-hydrogen) atoms. The van der Waals surface area contributed by atoms with Crippen molar-refractivity contribution in [1.29, 1.82) is 5.26 Å². The fourth-order valence-corrected chi connectivity index (χ4v) is 7.81. The Balaban J connectivity index is 1.72. The molecular weight excluding hydrogens is 470 g/mol. The van der Waals surface area contributed by atoms with Crippen LogP contribution in [0.5, 0.6) is 0 Å². The van der Waals surface area contributed by atoms with E-state index in [0.29, 0.717) is 5.69 Å². The van der Waals surface area contributed by atoms with Crippen LogP contribution in [0.25, 0.3) is 5.57 Å². The summed E-state index contributed by atoms with van der Waals surface area (Å²) in [6.07, 6.45) is 8.98. The van der Waals surface area contributed by atoms with Gasteiger partial charge < -0.3 is 10.3 Å². The maximum atomic E-state index is 13.3. The second-order valence-corrected chi connectivity index (χ2v) is 14.5. The standard InChI is InChI=1S/C28H37N5O2S/c1-7-28(6)15-19(14-27(4,5)36(28)35)21-8-9-22(33-25(34)24-30-17-20(16-29)31-24)23(32-21)18-10-12-26(2,3)13-11-18/h8-10,17,19H,7,11-15H2,1-6H3,(H,30,31)(H,33,34). The first-order chi connectivity index (χ1) is 16.9. The molecule has 1 aliphatic heterocycles. The Morgan fingerprint density at radius 1 is 1.25 bits per heavy atom. The SMILES string of the molecule is CCC1(C)CC(c2ccc(NC(=O)c3ncc(C#N)[nH]3)c(C3=CCC(C)(C)CC3)n2)CC(C)(C)S1=O. The van der Waals surface area contributed by atoms with Gasteiger partial charge in [0.1, 0.15) is 11.8 Å². The van der Waals surface area contributed by atoms with Gasteiger partial charge in [0.2, 0.25) is 0 Å². The number of rotatable bonds is 5. The molecule has 1 aliphatic carbocycles. The van der Waals surface area contributed by atoms with Crippen LogP contribution in [0.4, 0.5) is 5.69 Å². The average molecular weight is 508 g/mol. The molecule has 0 bridgehead atoms. The van der Waals surface area contributed by atoms with Crippen molar-refractivity contribution in [1.82, 2.24) is 15.0 Å². The number of aromatic nitrogens is 3. The van der Waals surface area contributed by atoms with Gasteiger partial charge in [-0.25, -0.2) is 4.98 Å². The predicted octanol–water partition coefficient (Wildman–Crippen LogP) is 6.10. The first kappa shape index (κ1) is 26.3. The summed E-state index contributed by atoms with van der Waals surface area (Å²) in [6.45, 7) is 13.0. The van der Waals surface area contributed by atoms with Crippen molar-refractivity contribution in [3.8, 4) is 6.07 Å². The van der Waals surface area contributed by atoms with Gasteiger partial charge in [-0.1, -0.05) is 26.8 Å². The van der Waals surface area contributed by atoms with Gasteiger partial charge >= 0.3 is 0 Å². The third-order valence-corrected chi connectivity index (χ3v) is 10.4. The maximum absolute atomic E-state index is 13.3. The molecule has 3 heterocycles. The Labute approximate surface area is 216 Å². The summed E-state index contributed by atoms with van der Waals surface area (Å²) in [4.78, 5) is 24.8. The number of nitriles is 1. The number of carbonyl (C=O) groups is 1. The molecule has 192 valence electrons. The summed E-state index contributed by atoms with van der Waals surface area (Å²) in [5.74, 6) is -0.123. The van der Waals surface area contributed by atoms with Crippen molar-refractivity contribution < 1.29 is 9.00 Å². The van der Waals surface area contributed by atoms with Crippen LogP contribution in [0.15, 0.2) is 24.4 Å². The molecule has 2 aromatic rings. The third-order valence-electron chi connectivity index (χ3n) is 7.88. The first-order valence-electron chi connectivity index (χ1n) is 12.8. The minimum absolute atomic E-state index is 0.0931. The van der Waals surface area contributed by atoms with Gasteiger partial charge in [0.25, 0.3) is 5.91 Å². The van der Waals surface area contributed by atoms with E-state index in [0.717, 1.165) is 55.5 Å². The number of H-pyrrole nitrogens is 1. The van der Waals surface area contributed by atoms with E-state index in [2.05, 4.69) is 62.9 Å². The number of carbonyl (C=O) groups excluding carboxylic acids is 1. The Morgan fingerprint density at radius 2 is 2.00 bits per heavy atom. The molecule has 1 fully saturated rings. The molecule has 1 amide bonds. The Hall–Kier alpha value is -2.79. The summed E-state index contributed by atoms with van der Waals surface area (Å²) in [7, 11) is -0.929. The van der Waals surface area contributed by atoms with E-state index in [4.69, 9.17) is 10.2 Å². The van der Waals surface area contributed by atoms with Crippen LogP contribution in [-0.2, 0) is 10.8 Å². The number of amides is 1. The predicted molar refractivity (Wildman–Crippen MR) is 144 cm³/mol. The van der Waals surface area contributed by atoms with E-state index in [-0.39, 0.29) is 32.3 Å². The molecule has 0 saturated carbocycles. The number of anilines is 1. The molecule has 2 aliphatic rings. The number of hydrogen-bond acceptors (Lipinski definition) is 5. The van der Waals surface area contributed by atoms with E-state index >= 15 is 0 Å². The molecule has 0 aromatic carbocycles. The zero-order valence-corrected chi connectivity index (χ0v) is 23.0. The molecule has 8 heteroatoms. The Morgan fingerprint density at radius 3 is 2.61 bits per heavy atom. The van der Waals surface area contributed by atoms with Gasteiger partial charge in [-0.05, 0) is 82.4 Å². The van der Waals surface area contributed by atoms with Crippen LogP contribution in [0.2, 0.25) is 0 Å². The van der Waals surface area contributed by atoms with Gasteiger partial charge in [0, 0.05) is 31.9 Å². The molecule has 0 spiro atoms. The monoisotopic (exact) mass is 507 g/mol. The highest BCUT2D eigenvalue weighted by molar-refractivity contribution is 7.87. The zero-order valence-electron chi connectivity index (χ0n) is 22.2. The normalized spacial score (nSPS) is 27.1. The molecule has 0 radical (unpaired) electrons. The lowest BCUT2D eigenvalue weighted by atomic mass is 9.77. The third kappa shape index (κ3) is 5.17. The molecule has 4 rings (SSSR count). The molecule has 2 N–H and O–H groups in total. The van der Waals surface area contributed by atoms with Crippen LogP contribution in [-0.4, -0.2) is 34.6 Å². The van der Waals surface area contributed by atoms with Crippen molar-refractivity contribution >= 4 is 28.0 Å². The number of hydrogen-bond donors (Lipinski definition) is 2. The minimum atomic E-state index is -0.929. The largest absolute Gasteiger partial charge is 0.326 e. The highest BCUT2D eigenvalue weighted by Crippen LogP contribution is 2.48. The van der Waals surface area contributed by atoms with Crippen molar-refractivity contribution in [2.45, 2.75) is 95.5 Å². The highest BCUT2D eigenvalue weighted by atomic mass is 32.2. The summed E-state index contributed by atoms with van der Waals surface area (Å²) in [6, 6.07) is 5.90. The van der Waals surface area contributed by atoms with Crippen molar-refractivity contribution in [3.05, 3.63) is 47.3 Å². The number of imidazole rings is 1. The summed E-state index contributed by atoms with van der Waals surface area (Å²) in [5, 5.41) is 12.0.